The van der Waals surface area contributed by atoms with Crippen LogP contribution in [0.2, 0.25) is 0 Å². The Morgan fingerprint density at radius 1 is 1.16 bits per heavy atom. The lowest BCUT2D eigenvalue weighted by Crippen LogP contribution is -2.42. The van der Waals surface area contributed by atoms with Gasteiger partial charge in [0.25, 0.3) is 0 Å². The normalized spacial score (nSPS) is 23.5. The summed E-state index contributed by atoms with van der Waals surface area (Å²) in [6, 6.07) is 13.0. The van der Waals surface area contributed by atoms with Crippen molar-refractivity contribution in [2.45, 2.75) is 37.6 Å². The Morgan fingerprint density at radius 3 is 2.81 bits per heavy atom. The van der Waals surface area contributed by atoms with E-state index in [0.717, 1.165) is 27.7 Å². The largest absolute Gasteiger partial charge is 0.346 e. The van der Waals surface area contributed by atoms with Crippen molar-refractivity contribution in [2.24, 2.45) is 5.92 Å². The summed E-state index contributed by atoms with van der Waals surface area (Å²) in [5.74, 6) is -0.108. The van der Waals surface area contributed by atoms with Gasteiger partial charge in [-0.25, -0.2) is 4.98 Å². The minimum absolute atomic E-state index is 0.0856. The number of carbonyl (C=O) groups excluding carboxylic acids is 1. The number of hydrogen-bond donors (Lipinski definition) is 1. The molecule has 7 heteroatoms. The number of aromatic nitrogens is 2. The van der Waals surface area contributed by atoms with Crippen LogP contribution in [0.15, 0.2) is 66.6 Å². The molecule has 0 bridgehead atoms. The lowest BCUT2D eigenvalue weighted by molar-refractivity contribution is -0.528. The summed E-state index contributed by atoms with van der Waals surface area (Å²) >= 11 is 0. The van der Waals surface area contributed by atoms with E-state index in [0.29, 0.717) is 32.2 Å². The summed E-state index contributed by atoms with van der Waals surface area (Å²) in [5, 5.41) is 12.9. The molecule has 1 aromatic carbocycles. The average molecular weight is 416 g/mol. The molecule has 3 heterocycles. The minimum atomic E-state index is -0.653. The van der Waals surface area contributed by atoms with E-state index in [4.69, 9.17) is 0 Å². The molecule has 1 saturated carbocycles. The maximum atomic E-state index is 12.9. The van der Waals surface area contributed by atoms with Crippen LogP contribution >= 0.6 is 0 Å². The molecular weight excluding hydrogens is 392 g/mol. The van der Waals surface area contributed by atoms with Crippen LogP contribution in [0.1, 0.15) is 36.3 Å². The third-order valence-electron chi connectivity index (χ3n) is 6.66. The van der Waals surface area contributed by atoms with E-state index in [2.05, 4.69) is 9.97 Å². The third-order valence-corrected chi connectivity index (χ3v) is 6.66. The maximum Gasteiger partial charge on any atom is 0.227 e. The van der Waals surface area contributed by atoms with Crippen LogP contribution in [0.4, 0.5) is 0 Å². The first kappa shape index (κ1) is 19.5. The van der Waals surface area contributed by atoms with Crippen molar-refractivity contribution in [3.05, 3.63) is 87.9 Å². The molecule has 2 aliphatic rings. The van der Waals surface area contributed by atoms with Crippen LogP contribution in [0.3, 0.4) is 0 Å². The first-order chi connectivity index (χ1) is 15.1. The smallest absolute Gasteiger partial charge is 0.227 e. The molecule has 0 unspecified atom stereocenters. The van der Waals surface area contributed by atoms with Crippen LogP contribution in [-0.2, 0) is 11.2 Å². The summed E-state index contributed by atoms with van der Waals surface area (Å²) in [6.45, 7) is 0.543. The van der Waals surface area contributed by atoms with E-state index >= 15 is 0 Å². The van der Waals surface area contributed by atoms with Gasteiger partial charge >= 0.3 is 0 Å². The summed E-state index contributed by atoms with van der Waals surface area (Å²) in [7, 11) is 0. The number of nitro groups is 1. The van der Waals surface area contributed by atoms with E-state index in [1.807, 2.05) is 54.9 Å². The Morgan fingerprint density at radius 2 is 2.00 bits per heavy atom. The number of rotatable bonds is 5. The van der Waals surface area contributed by atoms with E-state index in [1.54, 1.807) is 11.1 Å². The highest BCUT2D eigenvalue weighted by molar-refractivity contribution is 5.81. The molecule has 1 aliphatic heterocycles. The Hall–Kier alpha value is -3.48. The second-order valence-electron chi connectivity index (χ2n) is 8.40. The second kappa shape index (κ2) is 7.98. The first-order valence-corrected chi connectivity index (χ1v) is 10.7. The molecule has 3 atom stereocenters. The monoisotopic (exact) mass is 416 g/mol. The number of amides is 1. The Bertz CT molecular complexity index is 1150. The summed E-state index contributed by atoms with van der Waals surface area (Å²) < 4.78 is 0. The van der Waals surface area contributed by atoms with Crippen molar-refractivity contribution in [2.75, 3.05) is 6.54 Å². The number of aromatic amines is 1. The van der Waals surface area contributed by atoms with E-state index in [-0.39, 0.29) is 22.7 Å². The molecule has 2 aromatic heterocycles. The van der Waals surface area contributed by atoms with Gasteiger partial charge in [0, 0.05) is 48.3 Å². The van der Waals surface area contributed by atoms with Crippen LogP contribution in [-0.4, -0.2) is 38.3 Å². The first-order valence-electron chi connectivity index (χ1n) is 10.7. The number of nitrogens with zero attached hydrogens (tertiary/aromatic N) is 3. The van der Waals surface area contributed by atoms with Crippen molar-refractivity contribution >= 4 is 16.9 Å². The standard InChI is InChI=1S/C24H24N4O3/c29-22-13-17-8-9-21(28(30)31)23(16-5-2-1-3-6-16)20(17)15-27(22)12-10-18-14-26-24-19(18)7-4-11-25-24/h1-7,11,14-15,17,21,23H,8-10,12-13H2,(H,25,26)/t17-,21+,23+/m0/s1. The van der Waals surface area contributed by atoms with Crippen LogP contribution in [0.5, 0.6) is 0 Å². The number of fused-ring (bicyclic) bond motifs is 2. The van der Waals surface area contributed by atoms with Crippen molar-refractivity contribution in [3.63, 3.8) is 0 Å². The fraction of sp³-hybridized carbons (Fsp3) is 0.333. The Labute approximate surface area is 179 Å². The molecule has 158 valence electrons. The van der Waals surface area contributed by atoms with Crippen molar-refractivity contribution in [1.29, 1.82) is 0 Å². The highest BCUT2D eigenvalue weighted by atomic mass is 16.6. The van der Waals surface area contributed by atoms with Crippen molar-refractivity contribution < 1.29 is 9.72 Å². The molecule has 0 spiro atoms. The molecule has 0 radical (unpaired) electrons. The molecule has 5 rings (SSSR count). The number of benzene rings is 1. The predicted molar refractivity (Wildman–Crippen MR) is 117 cm³/mol. The van der Waals surface area contributed by atoms with Gasteiger partial charge in [-0.1, -0.05) is 30.3 Å². The number of pyridine rings is 1. The highest BCUT2D eigenvalue weighted by Crippen LogP contribution is 2.45. The summed E-state index contributed by atoms with van der Waals surface area (Å²) in [6.07, 6.45) is 7.92. The summed E-state index contributed by atoms with van der Waals surface area (Å²) in [5.41, 5.74) is 3.94. The molecule has 1 N–H and O–H groups in total. The van der Waals surface area contributed by atoms with Crippen molar-refractivity contribution in [1.82, 2.24) is 14.9 Å². The topological polar surface area (TPSA) is 92.1 Å². The zero-order chi connectivity index (χ0) is 21.4. The van der Waals surface area contributed by atoms with E-state index < -0.39 is 6.04 Å². The Balaban J connectivity index is 1.45. The zero-order valence-corrected chi connectivity index (χ0v) is 17.1. The lowest BCUT2D eigenvalue weighted by Gasteiger charge is -2.39. The summed E-state index contributed by atoms with van der Waals surface area (Å²) in [4.78, 5) is 33.8. The number of nitrogens with one attached hydrogen (secondary N) is 1. The quantitative estimate of drug-likeness (QED) is 0.501. The van der Waals surface area contributed by atoms with Crippen LogP contribution < -0.4 is 0 Å². The van der Waals surface area contributed by atoms with Gasteiger partial charge in [0.1, 0.15) is 5.65 Å². The molecule has 3 aromatic rings. The average Bonchev–Trinajstić information content (AvgIpc) is 3.20. The van der Waals surface area contributed by atoms with Gasteiger partial charge in [-0.3, -0.25) is 14.9 Å². The SMILES string of the molecule is O=C1C[C@@H]2CC[C@@H]([N+](=O)[O-])[C@H](c3ccccc3)C2=CN1CCc1c[nH]c2ncccc12. The van der Waals surface area contributed by atoms with E-state index in [1.165, 1.54) is 0 Å². The lowest BCUT2D eigenvalue weighted by atomic mass is 9.69. The number of carbonyl (C=O) groups is 1. The van der Waals surface area contributed by atoms with Crippen LogP contribution in [0, 0.1) is 16.0 Å². The molecule has 1 fully saturated rings. The van der Waals surface area contributed by atoms with Gasteiger partial charge in [0.05, 0.1) is 5.92 Å². The van der Waals surface area contributed by atoms with Gasteiger partial charge in [0.15, 0.2) is 0 Å². The maximum absolute atomic E-state index is 12.9. The molecule has 31 heavy (non-hydrogen) atoms. The second-order valence-corrected chi connectivity index (χ2v) is 8.40. The van der Waals surface area contributed by atoms with Gasteiger partial charge in [-0.15, -0.1) is 0 Å². The van der Waals surface area contributed by atoms with Gasteiger partial charge in [-0.05, 0) is 47.6 Å². The number of H-pyrrole nitrogens is 1. The zero-order valence-electron chi connectivity index (χ0n) is 17.1. The molecule has 0 saturated heterocycles. The van der Waals surface area contributed by atoms with Gasteiger partial charge in [-0.2, -0.15) is 0 Å². The number of hydrogen-bond acceptors (Lipinski definition) is 4. The molecule has 7 nitrogen and oxygen atoms in total. The van der Waals surface area contributed by atoms with Gasteiger partial charge in [0.2, 0.25) is 11.9 Å². The fourth-order valence-electron chi connectivity index (χ4n) is 5.12. The molecule has 1 aliphatic carbocycles. The third kappa shape index (κ3) is 3.60. The van der Waals surface area contributed by atoms with Crippen molar-refractivity contribution in [3.8, 4) is 0 Å². The predicted octanol–water partition coefficient (Wildman–Crippen LogP) is 4.06. The Kier molecular flexibility index (Phi) is 5.02. The fourth-order valence-corrected chi connectivity index (χ4v) is 5.12. The minimum Gasteiger partial charge on any atom is -0.346 e. The van der Waals surface area contributed by atoms with E-state index in [9.17, 15) is 14.9 Å². The highest BCUT2D eigenvalue weighted by Gasteiger charge is 2.45. The molecule has 1 amide bonds. The van der Waals surface area contributed by atoms with Crippen LogP contribution in [0.25, 0.3) is 11.0 Å². The molecular formula is C24H24N4O3. The van der Waals surface area contributed by atoms with Gasteiger partial charge < -0.3 is 9.88 Å².